The molecule has 0 atom stereocenters. The molecule has 2 aliphatic rings. The monoisotopic (exact) mass is 539 g/mol. The predicted octanol–water partition coefficient (Wildman–Crippen LogP) is 4.73. The molecule has 37 heavy (non-hydrogen) atoms. The molecule has 1 aromatic rings. The molecule has 11 heteroatoms. The van der Waals surface area contributed by atoms with Gasteiger partial charge in [0.25, 0.3) is 5.91 Å². The number of carbonyl (C=O) groups is 2. The van der Waals surface area contributed by atoms with Crippen LogP contribution in [0.2, 0.25) is 0 Å². The molecule has 3 rings (SSSR count). The number of esters is 1. The maximum Gasteiger partial charge on any atom is 0.418 e. The van der Waals surface area contributed by atoms with Gasteiger partial charge in [-0.15, -0.1) is 0 Å². The van der Waals surface area contributed by atoms with Gasteiger partial charge in [0, 0.05) is 18.2 Å². The number of ether oxygens (including phenoxy) is 1. The van der Waals surface area contributed by atoms with Crippen LogP contribution >= 0.6 is 12.2 Å². The van der Waals surface area contributed by atoms with Crippen LogP contribution in [0.4, 0.5) is 18.9 Å². The maximum atomic E-state index is 14.2. The fourth-order valence-electron chi connectivity index (χ4n) is 5.51. The summed E-state index contributed by atoms with van der Waals surface area (Å²) < 4.78 is 47.4. The summed E-state index contributed by atoms with van der Waals surface area (Å²) in [5.74, 6) is -0.930. The van der Waals surface area contributed by atoms with E-state index in [0.717, 1.165) is 49.5 Å². The summed E-state index contributed by atoms with van der Waals surface area (Å²) >= 11 is 5.71. The predicted molar refractivity (Wildman–Crippen MR) is 135 cm³/mol. The van der Waals surface area contributed by atoms with Crippen molar-refractivity contribution < 1.29 is 32.6 Å². The first kappa shape index (κ1) is 28.9. The molecule has 1 aliphatic carbocycles. The van der Waals surface area contributed by atoms with Crippen LogP contribution in [0.5, 0.6) is 0 Å². The minimum atomic E-state index is -4.95. The number of aliphatic hydroxyl groups excluding tert-OH is 1. The van der Waals surface area contributed by atoms with Crippen molar-refractivity contribution in [1.82, 2.24) is 4.90 Å². The highest BCUT2D eigenvalue weighted by Gasteiger charge is 2.53. The zero-order valence-corrected chi connectivity index (χ0v) is 22.0. The Morgan fingerprint density at radius 2 is 1.92 bits per heavy atom. The fraction of sp³-hybridized carbons (Fsp3) is 0.615. The summed E-state index contributed by atoms with van der Waals surface area (Å²) in [7, 11) is 0. The van der Waals surface area contributed by atoms with Crippen molar-refractivity contribution in [2.45, 2.75) is 83.5 Å². The number of nitriles is 1. The van der Waals surface area contributed by atoms with Crippen molar-refractivity contribution in [2.24, 2.45) is 5.92 Å². The highest BCUT2D eigenvalue weighted by Crippen LogP contribution is 2.44. The van der Waals surface area contributed by atoms with Crippen molar-refractivity contribution in [3.8, 4) is 6.07 Å². The van der Waals surface area contributed by atoms with Crippen LogP contribution in [0.25, 0.3) is 0 Å². The Morgan fingerprint density at radius 3 is 2.46 bits per heavy atom. The molecule has 202 valence electrons. The molecule has 2 fully saturated rings. The zero-order chi connectivity index (χ0) is 27.5. The Hall–Kier alpha value is -2.71. The second-order valence-electron chi connectivity index (χ2n) is 9.97. The molecule has 0 radical (unpaired) electrons. The van der Waals surface area contributed by atoms with Crippen LogP contribution in [0, 0.1) is 17.2 Å². The van der Waals surface area contributed by atoms with E-state index in [1.807, 2.05) is 4.90 Å². The first-order chi connectivity index (χ1) is 17.4. The van der Waals surface area contributed by atoms with Gasteiger partial charge in [0.2, 0.25) is 0 Å². The molecule has 0 bridgehead atoms. The van der Waals surface area contributed by atoms with E-state index < -0.39 is 46.7 Å². The summed E-state index contributed by atoms with van der Waals surface area (Å²) in [5.41, 5.74) is -3.71. The molecule has 0 spiro atoms. The van der Waals surface area contributed by atoms with E-state index in [1.54, 1.807) is 19.9 Å². The summed E-state index contributed by atoms with van der Waals surface area (Å²) in [6.07, 6.45) is -0.737. The topological polar surface area (TPSA) is 93.9 Å². The number of hydrogen-bond acceptors (Lipinski definition) is 6. The number of benzene rings is 1. The smallest absolute Gasteiger partial charge is 0.418 e. The van der Waals surface area contributed by atoms with Gasteiger partial charge in [-0.3, -0.25) is 14.5 Å². The number of alkyl halides is 3. The molecule has 1 aliphatic heterocycles. The number of anilines is 1. The number of nitrogens with zero attached hydrogens (tertiary/aromatic N) is 3. The number of amides is 1. The molecular weight excluding hydrogens is 507 g/mol. The van der Waals surface area contributed by atoms with Gasteiger partial charge in [0.1, 0.15) is 5.54 Å². The van der Waals surface area contributed by atoms with Crippen LogP contribution in [0.15, 0.2) is 12.1 Å². The molecule has 1 heterocycles. The lowest BCUT2D eigenvalue weighted by atomic mass is 9.82. The van der Waals surface area contributed by atoms with E-state index in [2.05, 4.69) is 0 Å². The highest BCUT2D eigenvalue weighted by molar-refractivity contribution is 7.80. The van der Waals surface area contributed by atoms with Crippen molar-refractivity contribution in [2.75, 3.05) is 18.1 Å². The van der Waals surface area contributed by atoms with Crippen molar-refractivity contribution >= 4 is 34.9 Å². The summed E-state index contributed by atoms with van der Waals surface area (Å²) in [4.78, 5) is 28.9. The quantitative estimate of drug-likeness (QED) is 0.377. The lowest BCUT2D eigenvalue weighted by molar-refractivity contribution is -0.143. The lowest BCUT2D eigenvalue weighted by Gasteiger charge is -2.41. The van der Waals surface area contributed by atoms with Gasteiger partial charge < -0.3 is 14.7 Å². The van der Waals surface area contributed by atoms with Crippen molar-refractivity contribution in [1.29, 1.82) is 5.26 Å². The largest absolute Gasteiger partial charge is 0.466 e. The number of thiocarbonyl (C=S) groups is 1. The van der Waals surface area contributed by atoms with Crippen molar-refractivity contribution in [3.63, 3.8) is 0 Å². The normalized spacial score (nSPS) is 21.8. The standard InChI is InChI=1S/C26H32F3N3O4S/c1-4-36-21(34)14-19-20(12-9-17(15-30)22(19)26(27,28)29)31-23(35)25(2,3)32(24(31)37)18-10-7-16(8-11-18)6-5-13-33/h9,12,16,18,33H,4-8,10-11,13-14H2,1-3H3. The maximum absolute atomic E-state index is 14.2. The van der Waals surface area contributed by atoms with E-state index in [1.165, 1.54) is 13.0 Å². The third-order valence-electron chi connectivity index (χ3n) is 7.24. The third kappa shape index (κ3) is 5.75. The Morgan fingerprint density at radius 1 is 1.27 bits per heavy atom. The molecule has 1 N–H and O–H groups in total. The second-order valence-corrected chi connectivity index (χ2v) is 10.3. The molecule has 0 unspecified atom stereocenters. The molecular formula is C26H32F3N3O4S. The Balaban J connectivity index is 2.04. The molecule has 1 aromatic carbocycles. The second kappa shape index (κ2) is 11.4. The molecule has 1 saturated carbocycles. The van der Waals surface area contributed by atoms with Gasteiger partial charge in [0.15, 0.2) is 5.11 Å². The Kier molecular flexibility index (Phi) is 8.85. The van der Waals surface area contributed by atoms with Crippen LogP contribution in [-0.4, -0.2) is 51.8 Å². The SMILES string of the molecule is CCOC(=O)Cc1c(N2C(=O)C(C)(C)N(C3CCC(CCCO)CC3)C2=S)ccc(C#N)c1C(F)(F)F. The minimum absolute atomic E-state index is 0.0314. The number of hydrogen-bond donors (Lipinski definition) is 1. The summed E-state index contributed by atoms with van der Waals surface area (Å²) in [6, 6.07) is 3.73. The van der Waals surface area contributed by atoms with Gasteiger partial charge in [-0.25, -0.2) is 0 Å². The number of rotatable bonds is 8. The van der Waals surface area contributed by atoms with Crippen molar-refractivity contribution in [3.05, 3.63) is 28.8 Å². The Labute approximate surface area is 220 Å². The first-order valence-corrected chi connectivity index (χ1v) is 12.9. The van der Waals surface area contributed by atoms with Gasteiger partial charge >= 0.3 is 12.1 Å². The average molecular weight is 540 g/mol. The Bertz CT molecular complexity index is 1090. The van der Waals surface area contributed by atoms with E-state index >= 15 is 0 Å². The molecule has 1 saturated heterocycles. The average Bonchev–Trinajstić information content (AvgIpc) is 3.00. The van der Waals surface area contributed by atoms with Crippen LogP contribution in [-0.2, 0) is 26.9 Å². The minimum Gasteiger partial charge on any atom is -0.466 e. The van der Waals surface area contributed by atoms with E-state index in [-0.39, 0.29) is 30.1 Å². The number of halogens is 3. The fourth-order valence-corrected chi connectivity index (χ4v) is 6.06. The van der Waals surface area contributed by atoms with Gasteiger partial charge in [-0.1, -0.05) is 0 Å². The van der Waals surface area contributed by atoms with Gasteiger partial charge in [-0.05, 0) is 89.6 Å². The van der Waals surface area contributed by atoms with Crippen LogP contribution < -0.4 is 4.90 Å². The highest BCUT2D eigenvalue weighted by atomic mass is 32.1. The summed E-state index contributed by atoms with van der Waals surface area (Å²) in [5, 5.41) is 18.6. The molecule has 7 nitrogen and oxygen atoms in total. The molecule has 1 amide bonds. The number of aliphatic hydroxyl groups is 1. The summed E-state index contributed by atoms with van der Waals surface area (Å²) in [6.45, 7) is 5.03. The molecule has 0 aromatic heterocycles. The lowest BCUT2D eigenvalue weighted by Crippen LogP contribution is -2.51. The third-order valence-corrected chi connectivity index (χ3v) is 7.62. The van der Waals surface area contributed by atoms with Gasteiger partial charge in [-0.2, -0.15) is 18.4 Å². The van der Waals surface area contributed by atoms with Crippen LogP contribution in [0.3, 0.4) is 0 Å². The van der Waals surface area contributed by atoms with E-state index in [4.69, 9.17) is 22.1 Å². The van der Waals surface area contributed by atoms with Crippen LogP contribution in [0.1, 0.15) is 76.0 Å². The van der Waals surface area contributed by atoms with E-state index in [0.29, 0.717) is 5.92 Å². The number of carbonyl (C=O) groups excluding carboxylic acids is 2. The van der Waals surface area contributed by atoms with E-state index in [9.17, 15) is 28.0 Å². The first-order valence-electron chi connectivity index (χ1n) is 12.5. The van der Waals surface area contributed by atoms with Gasteiger partial charge in [0.05, 0.1) is 35.9 Å². The zero-order valence-electron chi connectivity index (χ0n) is 21.2.